The van der Waals surface area contributed by atoms with Crippen LogP contribution in [0.1, 0.15) is 34.5 Å². The van der Waals surface area contributed by atoms with E-state index < -0.39 is 5.75 Å². The molecule has 8 heteroatoms. The average Bonchev–Trinajstić information content (AvgIpc) is 3.34. The summed E-state index contributed by atoms with van der Waals surface area (Å²) < 4.78 is 13.5. The first-order chi connectivity index (χ1) is 17.4. The Bertz CT molecular complexity index is 1330. The van der Waals surface area contributed by atoms with Gasteiger partial charge in [-0.1, -0.05) is 0 Å². The van der Waals surface area contributed by atoms with Crippen LogP contribution in [-0.2, 0) is 6.54 Å². The van der Waals surface area contributed by atoms with Gasteiger partial charge in [-0.15, -0.1) is 0 Å². The number of ketones is 1. The van der Waals surface area contributed by atoms with Gasteiger partial charge in [0.15, 0.2) is 17.3 Å². The Kier molecular flexibility index (Phi) is 6.64. The molecular formula is C28H33N3O5. The van der Waals surface area contributed by atoms with E-state index in [0.29, 0.717) is 0 Å². The maximum absolute atomic E-state index is 13.0. The summed E-state index contributed by atoms with van der Waals surface area (Å²) in [5.74, 6) is -0.225. The Hall–Kier alpha value is -3.49. The van der Waals surface area contributed by atoms with Crippen molar-refractivity contribution in [1.29, 1.82) is 0 Å². The lowest BCUT2D eigenvalue weighted by atomic mass is 10.1. The molecule has 0 bridgehead atoms. The van der Waals surface area contributed by atoms with Crippen molar-refractivity contribution in [3.05, 3.63) is 52.9 Å². The second kappa shape index (κ2) is 9.87. The standard InChI is InChI=1S/C28H33N3O5/c1-18-21(17-25-26(33)20-7-9-24(32)27(34)28(20)36-25)22-16-19(35-3)6-8-23(22)31(18)11-5-4-10-30-14-12-29(2)13-15-30/h6-9,16-17,32,34H,4-5,10-15H2,1-3H3. The van der Waals surface area contributed by atoms with Gasteiger partial charge in [0, 0.05) is 54.9 Å². The lowest BCUT2D eigenvalue weighted by Gasteiger charge is -2.32. The Morgan fingerprint density at radius 2 is 1.81 bits per heavy atom. The molecule has 0 radical (unpaired) electrons. The highest BCUT2D eigenvalue weighted by Gasteiger charge is 2.32. The van der Waals surface area contributed by atoms with Crippen molar-refractivity contribution in [2.45, 2.75) is 26.3 Å². The molecule has 0 spiro atoms. The number of Topliss-reactive ketones (excluding diaryl/α,β-unsaturated/α-hetero) is 1. The first-order valence-electron chi connectivity index (χ1n) is 12.4. The van der Waals surface area contributed by atoms with Crippen molar-refractivity contribution in [2.75, 3.05) is 46.9 Å². The first kappa shape index (κ1) is 24.2. The van der Waals surface area contributed by atoms with Gasteiger partial charge in [0.1, 0.15) is 5.75 Å². The normalized spacial score (nSPS) is 17.6. The topological polar surface area (TPSA) is 87.4 Å². The number of ether oxygens (including phenoxy) is 2. The van der Waals surface area contributed by atoms with Crippen LogP contribution in [0.4, 0.5) is 0 Å². The molecule has 3 aromatic rings. The first-order valence-corrected chi connectivity index (χ1v) is 12.4. The molecule has 0 amide bonds. The molecule has 5 rings (SSSR count). The zero-order chi connectivity index (χ0) is 25.4. The lowest BCUT2D eigenvalue weighted by Crippen LogP contribution is -2.44. The van der Waals surface area contributed by atoms with Gasteiger partial charge in [0.05, 0.1) is 12.7 Å². The summed E-state index contributed by atoms with van der Waals surface area (Å²) in [4.78, 5) is 17.9. The van der Waals surface area contributed by atoms with E-state index in [0.717, 1.165) is 80.0 Å². The molecule has 1 aromatic heterocycles. The highest BCUT2D eigenvalue weighted by Crippen LogP contribution is 2.44. The maximum Gasteiger partial charge on any atom is 0.232 e. The van der Waals surface area contributed by atoms with Crippen molar-refractivity contribution in [3.8, 4) is 23.0 Å². The fourth-order valence-corrected chi connectivity index (χ4v) is 5.12. The fraction of sp³-hybridized carbons (Fsp3) is 0.393. The third-order valence-electron chi connectivity index (χ3n) is 7.35. The van der Waals surface area contributed by atoms with E-state index >= 15 is 0 Å². The predicted molar refractivity (Wildman–Crippen MR) is 139 cm³/mol. The van der Waals surface area contributed by atoms with Crippen LogP contribution in [0.15, 0.2) is 36.1 Å². The number of carbonyl (C=O) groups excluding carboxylic acids is 1. The van der Waals surface area contributed by atoms with Gasteiger partial charge in [-0.05, 0) is 69.8 Å². The van der Waals surface area contributed by atoms with Crippen molar-refractivity contribution in [3.63, 3.8) is 0 Å². The van der Waals surface area contributed by atoms with Crippen LogP contribution in [0.3, 0.4) is 0 Å². The Labute approximate surface area is 210 Å². The molecular weight excluding hydrogens is 458 g/mol. The van der Waals surface area contributed by atoms with Crippen LogP contribution >= 0.6 is 0 Å². The van der Waals surface area contributed by atoms with Gasteiger partial charge in [0.2, 0.25) is 11.5 Å². The summed E-state index contributed by atoms with van der Waals surface area (Å²) in [6.07, 6.45) is 3.90. The van der Waals surface area contributed by atoms with Crippen molar-refractivity contribution >= 4 is 22.8 Å². The molecule has 0 saturated carbocycles. The third-order valence-corrected chi connectivity index (χ3v) is 7.35. The zero-order valence-electron chi connectivity index (χ0n) is 21.1. The largest absolute Gasteiger partial charge is 0.504 e. The van der Waals surface area contributed by atoms with Crippen LogP contribution in [0.5, 0.6) is 23.0 Å². The number of carbonyl (C=O) groups is 1. The van der Waals surface area contributed by atoms with E-state index in [4.69, 9.17) is 9.47 Å². The van der Waals surface area contributed by atoms with E-state index in [-0.39, 0.29) is 28.6 Å². The van der Waals surface area contributed by atoms with Crippen LogP contribution in [0.25, 0.3) is 17.0 Å². The van der Waals surface area contributed by atoms with Crippen molar-refractivity contribution < 1.29 is 24.5 Å². The number of phenols is 2. The summed E-state index contributed by atoms with van der Waals surface area (Å²) >= 11 is 0. The number of fused-ring (bicyclic) bond motifs is 2. The average molecular weight is 492 g/mol. The molecule has 0 atom stereocenters. The number of nitrogens with zero attached hydrogens (tertiary/aromatic N) is 3. The Balaban J connectivity index is 1.41. The van der Waals surface area contributed by atoms with Crippen LogP contribution in [0.2, 0.25) is 0 Å². The lowest BCUT2D eigenvalue weighted by molar-refractivity contribution is 0.101. The zero-order valence-corrected chi connectivity index (χ0v) is 21.1. The SMILES string of the molecule is COc1ccc2c(c1)c(C=C1Oc3c(ccc(O)c3O)C1=O)c(C)n2CCCCN1CCN(C)CC1. The summed E-state index contributed by atoms with van der Waals surface area (Å²) in [5.41, 5.74) is 3.22. The van der Waals surface area contributed by atoms with Crippen LogP contribution < -0.4 is 9.47 Å². The number of phenolic OH excluding ortho intramolecular Hbond substituents is 2. The Morgan fingerprint density at radius 1 is 1.06 bits per heavy atom. The van der Waals surface area contributed by atoms with Gasteiger partial charge < -0.3 is 34.1 Å². The minimum Gasteiger partial charge on any atom is -0.504 e. The number of unbranched alkanes of at least 4 members (excludes halogenated alkanes) is 1. The Morgan fingerprint density at radius 3 is 2.56 bits per heavy atom. The quantitative estimate of drug-likeness (QED) is 0.293. The summed E-state index contributed by atoms with van der Waals surface area (Å²) in [7, 11) is 3.81. The number of hydrogen-bond acceptors (Lipinski definition) is 7. The highest BCUT2D eigenvalue weighted by atomic mass is 16.5. The number of methoxy groups -OCH3 is 1. The van der Waals surface area contributed by atoms with E-state index in [1.165, 1.54) is 12.1 Å². The maximum atomic E-state index is 13.0. The number of rotatable bonds is 7. The molecule has 2 aliphatic heterocycles. The molecule has 8 nitrogen and oxygen atoms in total. The minimum atomic E-state index is -0.426. The van der Waals surface area contributed by atoms with Crippen LogP contribution in [0, 0.1) is 6.92 Å². The van der Waals surface area contributed by atoms with Gasteiger partial charge in [0.25, 0.3) is 0 Å². The number of allylic oxidation sites excluding steroid dienone is 1. The van der Waals surface area contributed by atoms with E-state index in [1.54, 1.807) is 13.2 Å². The number of piperazine rings is 1. The number of hydrogen-bond donors (Lipinski definition) is 2. The van der Waals surface area contributed by atoms with Crippen molar-refractivity contribution in [1.82, 2.24) is 14.4 Å². The molecule has 3 heterocycles. The third kappa shape index (κ3) is 4.42. The molecule has 2 N–H and O–H groups in total. The van der Waals surface area contributed by atoms with Gasteiger partial charge in [-0.2, -0.15) is 0 Å². The van der Waals surface area contributed by atoms with Gasteiger partial charge >= 0.3 is 0 Å². The number of aryl methyl sites for hydroxylation is 1. The van der Waals surface area contributed by atoms with E-state index in [1.807, 2.05) is 12.1 Å². The van der Waals surface area contributed by atoms with Crippen LogP contribution in [-0.4, -0.2) is 77.2 Å². The minimum absolute atomic E-state index is 0.00544. The van der Waals surface area contributed by atoms with E-state index in [2.05, 4.69) is 34.4 Å². The molecule has 1 saturated heterocycles. The number of benzene rings is 2. The molecule has 36 heavy (non-hydrogen) atoms. The number of likely N-dealkylation sites (N-methyl/N-ethyl adjacent to an activating group) is 1. The monoisotopic (exact) mass is 491 g/mol. The summed E-state index contributed by atoms with van der Waals surface area (Å²) in [5, 5.41) is 20.9. The number of aromatic hydroxyl groups is 2. The van der Waals surface area contributed by atoms with Gasteiger partial charge in [-0.25, -0.2) is 0 Å². The second-order valence-electron chi connectivity index (χ2n) is 9.64. The molecule has 0 unspecified atom stereocenters. The predicted octanol–water partition coefficient (Wildman–Crippen LogP) is 4.01. The molecule has 190 valence electrons. The fourth-order valence-electron chi connectivity index (χ4n) is 5.12. The summed E-state index contributed by atoms with van der Waals surface area (Å²) in [6, 6.07) is 8.74. The van der Waals surface area contributed by atoms with Gasteiger partial charge in [-0.3, -0.25) is 4.79 Å². The summed E-state index contributed by atoms with van der Waals surface area (Å²) in [6.45, 7) is 8.54. The molecule has 0 aliphatic carbocycles. The van der Waals surface area contributed by atoms with E-state index in [9.17, 15) is 15.0 Å². The number of aromatic nitrogens is 1. The molecule has 2 aromatic carbocycles. The smallest absolute Gasteiger partial charge is 0.232 e. The molecule has 1 fully saturated rings. The van der Waals surface area contributed by atoms with Crippen molar-refractivity contribution in [2.24, 2.45) is 0 Å². The highest BCUT2D eigenvalue weighted by molar-refractivity contribution is 6.16. The second-order valence-corrected chi connectivity index (χ2v) is 9.64. The molecule has 2 aliphatic rings.